The summed E-state index contributed by atoms with van der Waals surface area (Å²) in [6.07, 6.45) is 11.6. The SMILES string of the molecule is c1cncc(CN2CCC(C3CCN(Cc4ccoc4)C3)CC2)c1. The molecule has 24 heavy (non-hydrogen) atoms. The highest BCUT2D eigenvalue weighted by Gasteiger charge is 2.31. The van der Waals surface area contributed by atoms with Crippen LogP contribution in [0.5, 0.6) is 0 Å². The Morgan fingerprint density at radius 2 is 1.75 bits per heavy atom. The van der Waals surface area contributed by atoms with Crippen LogP contribution >= 0.6 is 0 Å². The topological polar surface area (TPSA) is 32.5 Å². The average molecular weight is 325 g/mol. The highest BCUT2D eigenvalue weighted by Crippen LogP contribution is 2.32. The Bertz CT molecular complexity index is 605. The van der Waals surface area contributed by atoms with Gasteiger partial charge in [-0.25, -0.2) is 0 Å². The summed E-state index contributed by atoms with van der Waals surface area (Å²) in [5.41, 5.74) is 2.64. The maximum atomic E-state index is 5.19. The van der Waals surface area contributed by atoms with Gasteiger partial charge in [-0.15, -0.1) is 0 Å². The molecule has 2 aromatic rings. The molecule has 1 atom stereocenters. The van der Waals surface area contributed by atoms with Crippen molar-refractivity contribution in [2.45, 2.75) is 32.4 Å². The lowest BCUT2D eigenvalue weighted by molar-refractivity contribution is 0.141. The molecule has 2 aliphatic rings. The fraction of sp³-hybridized carbons (Fsp3) is 0.550. The number of hydrogen-bond acceptors (Lipinski definition) is 4. The number of nitrogens with zero attached hydrogens (tertiary/aromatic N) is 3. The number of likely N-dealkylation sites (tertiary alicyclic amines) is 2. The summed E-state index contributed by atoms with van der Waals surface area (Å²) >= 11 is 0. The molecule has 0 amide bonds. The first kappa shape index (κ1) is 15.9. The van der Waals surface area contributed by atoms with Crippen molar-refractivity contribution in [3.8, 4) is 0 Å². The monoisotopic (exact) mass is 325 g/mol. The normalized spacial score (nSPS) is 23.8. The molecule has 1 unspecified atom stereocenters. The molecule has 4 heteroatoms. The molecule has 2 fully saturated rings. The van der Waals surface area contributed by atoms with E-state index in [9.17, 15) is 0 Å². The summed E-state index contributed by atoms with van der Waals surface area (Å²) in [5, 5.41) is 0. The summed E-state index contributed by atoms with van der Waals surface area (Å²) in [5.74, 6) is 1.79. The minimum Gasteiger partial charge on any atom is -0.472 e. The lowest BCUT2D eigenvalue weighted by Crippen LogP contribution is -2.36. The molecule has 2 aliphatic heterocycles. The third-order valence-corrected chi connectivity index (χ3v) is 5.72. The Kier molecular flexibility index (Phi) is 4.95. The minimum absolute atomic E-state index is 0.887. The molecule has 0 N–H and O–H groups in total. The summed E-state index contributed by atoms with van der Waals surface area (Å²) in [6.45, 7) is 7.07. The first-order chi connectivity index (χ1) is 11.9. The predicted octanol–water partition coefficient (Wildman–Crippen LogP) is 3.41. The third-order valence-electron chi connectivity index (χ3n) is 5.72. The van der Waals surface area contributed by atoms with E-state index in [4.69, 9.17) is 4.42 Å². The van der Waals surface area contributed by atoms with Crippen molar-refractivity contribution < 1.29 is 4.42 Å². The molecule has 0 radical (unpaired) electrons. The number of pyridine rings is 1. The molecule has 0 aromatic carbocycles. The van der Waals surface area contributed by atoms with Gasteiger partial charge < -0.3 is 4.42 Å². The van der Waals surface area contributed by atoms with Crippen LogP contribution in [0.15, 0.2) is 47.5 Å². The molecule has 4 nitrogen and oxygen atoms in total. The third kappa shape index (κ3) is 3.87. The van der Waals surface area contributed by atoms with Crippen LogP contribution in [-0.4, -0.2) is 41.0 Å². The van der Waals surface area contributed by atoms with Crippen LogP contribution in [0.2, 0.25) is 0 Å². The van der Waals surface area contributed by atoms with Crippen molar-refractivity contribution in [2.75, 3.05) is 26.2 Å². The summed E-state index contributed by atoms with van der Waals surface area (Å²) in [4.78, 5) is 9.41. The minimum atomic E-state index is 0.887. The first-order valence-electron chi connectivity index (χ1n) is 9.21. The second kappa shape index (κ2) is 7.49. The molecule has 0 spiro atoms. The maximum absolute atomic E-state index is 5.19. The van der Waals surface area contributed by atoms with Gasteiger partial charge in [0.15, 0.2) is 0 Å². The number of aromatic nitrogens is 1. The van der Waals surface area contributed by atoms with E-state index in [1.807, 2.05) is 24.7 Å². The number of furan rings is 1. The van der Waals surface area contributed by atoms with Crippen LogP contribution in [0.25, 0.3) is 0 Å². The van der Waals surface area contributed by atoms with Crippen LogP contribution in [-0.2, 0) is 13.1 Å². The van der Waals surface area contributed by atoms with Crippen LogP contribution in [0.4, 0.5) is 0 Å². The van der Waals surface area contributed by atoms with Crippen molar-refractivity contribution in [3.63, 3.8) is 0 Å². The molecule has 4 rings (SSSR count). The van der Waals surface area contributed by atoms with E-state index < -0.39 is 0 Å². The van der Waals surface area contributed by atoms with Crippen LogP contribution in [0, 0.1) is 11.8 Å². The molecule has 0 saturated carbocycles. The van der Waals surface area contributed by atoms with Crippen LogP contribution in [0.1, 0.15) is 30.4 Å². The Labute approximate surface area is 144 Å². The van der Waals surface area contributed by atoms with Crippen molar-refractivity contribution >= 4 is 0 Å². The lowest BCUT2D eigenvalue weighted by atomic mass is 9.83. The van der Waals surface area contributed by atoms with Gasteiger partial charge >= 0.3 is 0 Å². The van der Waals surface area contributed by atoms with E-state index in [1.165, 1.54) is 56.6 Å². The molecule has 0 aliphatic carbocycles. The van der Waals surface area contributed by atoms with Crippen molar-refractivity contribution in [1.82, 2.24) is 14.8 Å². The standard InChI is InChI=1S/C20H27N3O/c1-2-17(12-21-7-1)13-22-8-3-19(4-9-22)20-5-10-23(15-20)14-18-6-11-24-16-18/h1-2,6-7,11-12,16,19-20H,3-5,8-10,13-15H2. The van der Waals surface area contributed by atoms with Gasteiger partial charge in [-0.2, -0.15) is 0 Å². The van der Waals surface area contributed by atoms with Gasteiger partial charge in [0.05, 0.1) is 12.5 Å². The van der Waals surface area contributed by atoms with Gasteiger partial charge in [-0.1, -0.05) is 6.07 Å². The Morgan fingerprint density at radius 1 is 0.958 bits per heavy atom. The maximum Gasteiger partial charge on any atom is 0.0947 e. The number of piperidine rings is 1. The van der Waals surface area contributed by atoms with Gasteiger partial charge in [0.25, 0.3) is 0 Å². The highest BCUT2D eigenvalue weighted by atomic mass is 16.3. The van der Waals surface area contributed by atoms with Crippen molar-refractivity contribution in [3.05, 3.63) is 54.2 Å². The van der Waals surface area contributed by atoms with Gasteiger partial charge in [-0.3, -0.25) is 14.8 Å². The van der Waals surface area contributed by atoms with Gasteiger partial charge in [-0.05, 0) is 68.4 Å². The average Bonchev–Trinajstić information content (AvgIpc) is 3.29. The highest BCUT2D eigenvalue weighted by molar-refractivity contribution is 5.08. The summed E-state index contributed by atoms with van der Waals surface area (Å²) in [6, 6.07) is 6.31. The Morgan fingerprint density at radius 3 is 2.50 bits per heavy atom. The van der Waals surface area contributed by atoms with E-state index in [0.717, 1.165) is 24.9 Å². The van der Waals surface area contributed by atoms with Crippen LogP contribution in [0.3, 0.4) is 0 Å². The zero-order valence-electron chi connectivity index (χ0n) is 14.3. The molecular weight excluding hydrogens is 298 g/mol. The number of rotatable bonds is 5. The quantitative estimate of drug-likeness (QED) is 0.843. The zero-order chi connectivity index (χ0) is 16.2. The van der Waals surface area contributed by atoms with Gasteiger partial charge in [0.1, 0.15) is 0 Å². The molecule has 0 bridgehead atoms. The number of hydrogen-bond donors (Lipinski definition) is 0. The second-order valence-electron chi connectivity index (χ2n) is 7.39. The van der Waals surface area contributed by atoms with E-state index in [0.29, 0.717) is 0 Å². The molecular formula is C20H27N3O. The Balaban J connectivity index is 1.23. The van der Waals surface area contributed by atoms with Gasteiger partial charge in [0, 0.05) is 37.6 Å². The van der Waals surface area contributed by atoms with E-state index in [1.54, 1.807) is 6.26 Å². The largest absolute Gasteiger partial charge is 0.472 e. The van der Waals surface area contributed by atoms with Gasteiger partial charge in [0.2, 0.25) is 0 Å². The summed E-state index contributed by atoms with van der Waals surface area (Å²) < 4.78 is 5.19. The first-order valence-corrected chi connectivity index (χ1v) is 9.21. The van der Waals surface area contributed by atoms with E-state index in [-0.39, 0.29) is 0 Å². The van der Waals surface area contributed by atoms with E-state index in [2.05, 4.69) is 26.9 Å². The van der Waals surface area contributed by atoms with E-state index >= 15 is 0 Å². The van der Waals surface area contributed by atoms with Crippen molar-refractivity contribution in [1.29, 1.82) is 0 Å². The second-order valence-corrected chi connectivity index (χ2v) is 7.39. The summed E-state index contributed by atoms with van der Waals surface area (Å²) in [7, 11) is 0. The molecule has 4 heterocycles. The van der Waals surface area contributed by atoms with Crippen LogP contribution < -0.4 is 0 Å². The molecule has 2 saturated heterocycles. The zero-order valence-corrected chi connectivity index (χ0v) is 14.3. The molecule has 2 aromatic heterocycles. The lowest BCUT2D eigenvalue weighted by Gasteiger charge is -2.34. The Hall–Kier alpha value is -1.65. The molecule has 128 valence electrons. The fourth-order valence-electron chi connectivity index (χ4n) is 4.36. The van der Waals surface area contributed by atoms with Crippen molar-refractivity contribution in [2.24, 2.45) is 11.8 Å². The smallest absolute Gasteiger partial charge is 0.0947 e. The fourth-order valence-corrected chi connectivity index (χ4v) is 4.36. The predicted molar refractivity (Wildman–Crippen MR) is 94.3 cm³/mol.